The molecule has 35 heavy (non-hydrogen) atoms. The SMILES string of the molecule is Cc1cnc(Nc2cn[nH]c2C(=O)Nc2ccc(N3CCNCC3)cc2)nc1Oc1ccccc1. The standard InChI is InChI=1S/C25H26N8O2/c1-17-15-27-25(31-24(17)35-20-5-3-2-4-6-20)30-21-16-28-32-22(21)23(34)29-18-7-9-19(10-8-18)33-13-11-26-12-14-33/h2-10,15-16,26H,11-14H2,1H3,(H,28,32)(H,29,34)(H,27,30,31). The lowest BCUT2D eigenvalue weighted by molar-refractivity contribution is 0.102. The van der Waals surface area contributed by atoms with Gasteiger partial charge in [0.2, 0.25) is 11.8 Å². The Morgan fingerprint density at radius 1 is 1.03 bits per heavy atom. The normalized spacial score (nSPS) is 13.3. The van der Waals surface area contributed by atoms with Gasteiger partial charge in [-0.2, -0.15) is 10.1 Å². The first-order valence-electron chi connectivity index (χ1n) is 11.4. The van der Waals surface area contributed by atoms with Crippen LogP contribution in [0.15, 0.2) is 67.0 Å². The first-order valence-corrected chi connectivity index (χ1v) is 11.4. The number of benzene rings is 2. The molecule has 4 N–H and O–H groups in total. The van der Waals surface area contributed by atoms with Crippen molar-refractivity contribution >= 4 is 28.9 Å². The van der Waals surface area contributed by atoms with Crippen molar-refractivity contribution in [3.8, 4) is 11.6 Å². The molecule has 0 saturated carbocycles. The molecule has 178 valence electrons. The van der Waals surface area contributed by atoms with Crippen LogP contribution in [0.1, 0.15) is 16.1 Å². The summed E-state index contributed by atoms with van der Waals surface area (Å²) in [7, 11) is 0. The number of nitrogens with one attached hydrogen (secondary N) is 4. The van der Waals surface area contributed by atoms with Crippen LogP contribution in [0.25, 0.3) is 0 Å². The minimum absolute atomic E-state index is 0.269. The predicted molar refractivity (Wildman–Crippen MR) is 135 cm³/mol. The Hall–Kier alpha value is -4.44. The summed E-state index contributed by atoms with van der Waals surface area (Å²) in [5.74, 6) is 1.06. The smallest absolute Gasteiger partial charge is 0.275 e. The average molecular weight is 471 g/mol. The largest absolute Gasteiger partial charge is 0.439 e. The third-order valence-corrected chi connectivity index (χ3v) is 5.60. The molecule has 0 bridgehead atoms. The number of aromatic amines is 1. The monoisotopic (exact) mass is 470 g/mol. The Labute approximate surface area is 202 Å². The molecule has 10 heteroatoms. The van der Waals surface area contributed by atoms with Gasteiger partial charge in [0, 0.05) is 49.3 Å². The summed E-state index contributed by atoms with van der Waals surface area (Å²) in [6.07, 6.45) is 3.18. The number of rotatable bonds is 7. The molecule has 0 radical (unpaired) electrons. The van der Waals surface area contributed by atoms with Crippen molar-refractivity contribution in [2.45, 2.75) is 6.92 Å². The summed E-state index contributed by atoms with van der Waals surface area (Å²) >= 11 is 0. The molecule has 3 heterocycles. The minimum atomic E-state index is -0.326. The van der Waals surface area contributed by atoms with Crippen LogP contribution >= 0.6 is 0 Å². The van der Waals surface area contributed by atoms with Crippen LogP contribution in [-0.4, -0.2) is 52.3 Å². The van der Waals surface area contributed by atoms with E-state index in [0.717, 1.165) is 37.4 Å². The minimum Gasteiger partial charge on any atom is -0.439 e. The van der Waals surface area contributed by atoms with E-state index >= 15 is 0 Å². The average Bonchev–Trinajstić information content (AvgIpc) is 3.36. The summed E-state index contributed by atoms with van der Waals surface area (Å²) in [4.78, 5) is 24.0. The zero-order valence-corrected chi connectivity index (χ0v) is 19.3. The fourth-order valence-corrected chi connectivity index (χ4v) is 3.74. The molecule has 0 unspecified atom stereocenters. The van der Waals surface area contributed by atoms with Gasteiger partial charge in [-0.3, -0.25) is 9.89 Å². The van der Waals surface area contributed by atoms with E-state index in [1.807, 2.05) is 61.5 Å². The molecule has 0 aliphatic carbocycles. The number of nitrogens with zero attached hydrogens (tertiary/aromatic N) is 4. The second-order valence-corrected chi connectivity index (χ2v) is 8.12. The number of hydrogen-bond donors (Lipinski definition) is 4. The van der Waals surface area contributed by atoms with Crippen LogP contribution in [0.5, 0.6) is 11.6 Å². The molecule has 4 aromatic rings. The summed E-state index contributed by atoms with van der Waals surface area (Å²) in [5.41, 5.74) is 3.34. The third kappa shape index (κ3) is 5.39. The van der Waals surface area contributed by atoms with Crippen LogP contribution in [0.2, 0.25) is 0 Å². The second kappa shape index (κ2) is 10.2. The van der Waals surface area contributed by atoms with Gasteiger partial charge in [0.1, 0.15) is 11.4 Å². The highest BCUT2D eigenvalue weighted by Crippen LogP contribution is 2.25. The molecule has 1 fully saturated rings. The molecule has 5 rings (SSSR count). The molecule has 1 aliphatic heterocycles. The topological polar surface area (TPSA) is 120 Å². The zero-order valence-electron chi connectivity index (χ0n) is 19.3. The molecular formula is C25H26N8O2. The van der Waals surface area contributed by atoms with Gasteiger partial charge < -0.3 is 25.6 Å². The van der Waals surface area contributed by atoms with E-state index in [-0.39, 0.29) is 17.5 Å². The van der Waals surface area contributed by atoms with Crippen LogP contribution < -0.4 is 25.6 Å². The first kappa shape index (κ1) is 22.4. The van der Waals surface area contributed by atoms with Crippen molar-refractivity contribution in [1.82, 2.24) is 25.5 Å². The number of anilines is 4. The molecule has 10 nitrogen and oxygen atoms in total. The number of carbonyl (C=O) groups excluding carboxylic acids is 1. The number of carbonyl (C=O) groups is 1. The van der Waals surface area contributed by atoms with Crippen molar-refractivity contribution in [3.05, 3.63) is 78.2 Å². The van der Waals surface area contributed by atoms with E-state index in [0.29, 0.717) is 23.0 Å². The highest BCUT2D eigenvalue weighted by atomic mass is 16.5. The molecule has 0 spiro atoms. The number of ether oxygens (including phenoxy) is 1. The van der Waals surface area contributed by atoms with Gasteiger partial charge >= 0.3 is 0 Å². The summed E-state index contributed by atoms with van der Waals surface area (Å²) in [5, 5.41) is 16.1. The predicted octanol–water partition coefficient (Wildman–Crippen LogP) is 3.71. The second-order valence-electron chi connectivity index (χ2n) is 8.12. The number of H-pyrrole nitrogens is 1. The van der Waals surface area contributed by atoms with E-state index in [4.69, 9.17) is 4.74 Å². The van der Waals surface area contributed by atoms with Crippen molar-refractivity contribution in [1.29, 1.82) is 0 Å². The third-order valence-electron chi connectivity index (χ3n) is 5.60. The van der Waals surface area contributed by atoms with E-state index in [9.17, 15) is 4.79 Å². The molecular weight excluding hydrogens is 444 g/mol. The number of para-hydroxylation sites is 1. The van der Waals surface area contributed by atoms with E-state index < -0.39 is 0 Å². The fourth-order valence-electron chi connectivity index (χ4n) is 3.74. The highest BCUT2D eigenvalue weighted by Gasteiger charge is 2.17. The van der Waals surface area contributed by atoms with Gasteiger partial charge in [0.05, 0.1) is 11.9 Å². The number of piperazine rings is 1. The molecule has 0 atom stereocenters. The van der Waals surface area contributed by atoms with Crippen molar-refractivity contribution in [2.75, 3.05) is 41.7 Å². The molecule has 1 saturated heterocycles. The van der Waals surface area contributed by atoms with Crippen LogP contribution in [0.4, 0.5) is 23.0 Å². The maximum Gasteiger partial charge on any atom is 0.275 e. The van der Waals surface area contributed by atoms with Crippen LogP contribution in [0, 0.1) is 6.92 Å². The Morgan fingerprint density at radius 2 is 1.80 bits per heavy atom. The van der Waals surface area contributed by atoms with Gasteiger partial charge in [-0.25, -0.2) is 4.98 Å². The summed E-state index contributed by atoms with van der Waals surface area (Å²) < 4.78 is 5.88. The summed E-state index contributed by atoms with van der Waals surface area (Å²) in [6.45, 7) is 5.74. The summed E-state index contributed by atoms with van der Waals surface area (Å²) in [6, 6.07) is 17.2. The van der Waals surface area contributed by atoms with Gasteiger partial charge in [-0.05, 0) is 43.3 Å². The molecule has 1 amide bonds. The van der Waals surface area contributed by atoms with E-state index in [1.54, 1.807) is 6.20 Å². The van der Waals surface area contributed by atoms with Crippen LogP contribution in [-0.2, 0) is 0 Å². The molecule has 2 aromatic heterocycles. The van der Waals surface area contributed by atoms with Gasteiger partial charge in [0.15, 0.2) is 0 Å². The van der Waals surface area contributed by atoms with Crippen molar-refractivity contribution in [3.63, 3.8) is 0 Å². The van der Waals surface area contributed by atoms with Crippen molar-refractivity contribution < 1.29 is 9.53 Å². The maximum atomic E-state index is 12.9. The molecule has 1 aliphatic rings. The Morgan fingerprint density at radius 3 is 2.57 bits per heavy atom. The highest BCUT2D eigenvalue weighted by molar-refractivity contribution is 6.06. The Kier molecular flexibility index (Phi) is 6.53. The zero-order chi connectivity index (χ0) is 24.0. The number of hydrogen-bond acceptors (Lipinski definition) is 8. The van der Waals surface area contributed by atoms with E-state index in [2.05, 4.69) is 41.0 Å². The molecule has 2 aromatic carbocycles. The van der Waals surface area contributed by atoms with Crippen LogP contribution in [0.3, 0.4) is 0 Å². The quantitative estimate of drug-likeness (QED) is 0.323. The maximum absolute atomic E-state index is 12.9. The van der Waals surface area contributed by atoms with Gasteiger partial charge in [0.25, 0.3) is 5.91 Å². The Bertz CT molecular complexity index is 1280. The van der Waals surface area contributed by atoms with E-state index in [1.165, 1.54) is 6.20 Å². The Balaban J connectivity index is 1.26. The lowest BCUT2D eigenvalue weighted by atomic mass is 10.2. The van der Waals surface area contributed by atoms with Gasteiger partial charge in [-0.1, -0.05) is 18.2 Å². The number of amides is 1. The van der Waals surface area contributed by atoms with Crippen molar-refractivity contribution in [2.24, 2.45) is 0 Å². The lowest BCUT2D eigenvalue weighted by Crippen LogP contribution is -2.43. The number of aryl methyl sites for hydroxylation is 1. The fraction of sp³-hybridized carbons (Fsp3) is 0.200. The first-order chi connectivity index (χ1) is 17.2. The van der Waals surface area contributed by atoms with Gasteiger partial charge in [-0.15, -0.1) is 0 Å². The lowest BCUT2D eigenvalue weighted by Gasteiger charge is -2.29. The number of aromatic nitrogens is 4.